The molecule has 1 rings (SSSR count). The van der Waals surface area contributed by atoms with Crippen molar-refractivity contribution in [2.45, 2.75) is 39.5 Å². The lowest BCUT2D eigenvalue weighted by Gasteiger charge is -2.36. The summed E-state index contributed by atoms with van der Waals surface area (Å²) >= 11 is 0. The Kier molecular flexibility index (Phi) is 6.92. The quantitative estimate of drug-likeness (QED) is 0.620. The first-order valence-electron chi connectivity index (χ1n) is 7.55. The van der Waals surface area contributed by atoms with E-state index in [0.29, 0.717) is 13.2 Å². The van der Waals surface area contributed by atoms with E-state index in [1.54, 1.807) is 7.11 Å². The highest BCUT2D eigenvalue weighted by Gasteiger charge is 2.39. The van der Waals surface area contributed by atoms with Crippen molar-refractivity contribution in [1.29, 1.82) is 0 Å². The third-order valence-electron chi connectivity index (χ3n) is 4.20. The largest absolute Gasteiger partial charge is 0.396 e. The van der Waals surface area contributed by atoms with Gasteiger partial charge in [0.25, 0.3) is 0 Å². The third-order valence-corrected chi connectivity index (χ3v) is 4.20. The van der Waals surface area contributed by atoms with Gasteiger partial charge in [-0.2, -0.15) is 0 Å². The van der Waals surface area contributed by atoms with Crippen molar-refractivity contribution < 1.29 is 14.6 Å². The Balaban J connectivity index is 2.54. The van der Waals surface area contributed by atoms with Crippen LogP contribution in [-0.2, 0) is 9.53 Å². The van der Waals surface area contributed by atoms with Gasteiger partial charge in [0.15, 0.2) is 0 Å². The summed E-state index contributed by atoms with van der Waals surface area (Å²) in [4.78, 5) is 12.6. The number of piperidine rings is 1. The van der Waals surface area contributed by atoms with Crippen LogP contribution in [0.25, 0.3) is 0 Å². The van der Waals surface area contributed by atoms with Gasteiger partial charge in [-0.1, -0.05) is 13.8 Å². The standard InChI is InChI=1S/C15H30N2O3/c1-14(2,5-4-10-18)11-17-13(19)15(12-20-3)6-8-16-9-7-15/h16,18H,4-12H2,1-3H3,(H,17,19). The first-order chi connectivity index (χ1) is 9.46. The molecular weight excluding hydrogens is 256 g/mol. The van der Waals surface area contributed by atoms with Crippen molar-refractivity contribution >= 4 is 5.91 Å². The van der Waals surface area contributed by atoms with E-state index >= 15 is 0 Å². The summed E-state index contributed by atoms with van der Waals surface area (Å²) in [6.07, 6.45) is 3.33. The van der Waals surface area contributed by atoms with Crippen molar-refractivity contribution in [2.24, 2.45) is 10.8 Å². The summed E-state index contributed by atoms with van der Waals surface area (Å²) < 4.78 is 5.28. The highest BCUT2D eigenvalue weighted by molar-refractivity contribution is 5.83. The van der Waals surface area contributed by atoms with Gasteiger partial charge < -0.3 is 20.5 Å². The second kappa shape index (κ2) is 7.96. The molecule has 0 unspecified atom stereocenters. The average molecular weight is 286 g/mol. The van der Waals surface area contributed by atoms with E-state index in [9.17, 15) is 4.79 Å². The molecule has 1 amide bonds. The number of carbonyl (C=O) groups excluding carboxylic acids is 1. The van der Waals surface area contributed by atoms with Crippen LogP contribution in [0.5, 0.6) is 0 Å². The topological polar surface area (TPSA) is 70.6 Å². The maximum Gasteiger partial charge on any atom is 0.228 e. The molecule has 1 saturated heterocycles. The molecular formula is C15H30N2O3. The predicted molar refractivity (Wildman–Crippen MR) is 79.5 cm³/mol. The molecule has 3 N–H and O–H groups in total. The van der Waals surface area contributed by atoms with Crippen LogP contribution in [0.3, 0.4) is 0 Å². The van der Waals surface area contributed by atoms with Gasteiger partial charge in [-0.3, -0.25) is 4.79 Å². The van der Waals surface area contributed by atoms with E-state index in [1.807, 2.05) is 0 Å². The zero-order chi connectivity index (χ0) is 15.1. The van der Waals surface area contributed by atoms with E-state index in [2.05, 4.69) is 24.5 Å². The molecule has 0 aliphatic carbocycles. The maximum absolute atomic E-state index is 12.6. The number of ether oxygens (including phenoxy) is 1. The molecule has 0 aromatic rings. The molecule has 5 nitrogen and oxygen atoms in total. The highest BCUT2D eigenvalue weighted by Crippen LogP contribution is 2.30. The minimum absolute atomic E-state index is 0.0135. The Morgan fingerprint density at radius 1 is 1.40 bits per heavy atom. The monoisotopic (exact) mass is 286 g/mol. The van der Waals surface area contributed by atoms with Crippen molar-refractivity contribution in [3.05, 3.63) is 0 Å². The van der Waals surface area contributed by atoms with E-state index in [0.717, 1.165) is 38.8 Å². The average Bonchev–Trinajstić information content (AvgIpc) is 2.44. The molecule has 0 bridgehead atoms. The van der Waals surface area contributed by atoms with Crippen LogP contribution in [-0.4, -0.2) is 51.0 Å². The van der Waals surface area contributed by atoms with Crippen LogP contribution in [0.1, 0.15) is 39.5 Å². The van der Waals surface area contributed by atoms with E-state index in [4.69, 9.17) is 9.84 Å². The summed E-state index contributed by atoms with van der Waals surface area (Å²) in [5, 5.41) is 15.3. The summed E-state index contributed by atoms with van der Waals surface area (Å²) in [6.45, 7) is 7.30. The van der Waals surface area contributed by atoms with E-state index in [1.165, 1.54) is 0 Å². The Hall–Kier alpha value is -0.650. The normalized spacial score (nSPS) is 18.8. The minimum Gasteiger partial charge on any atom is -0.396 e. The third kappa shape index (κ3) is 5.04. The van der Waals surface area contributed by atoms with Gasteiger partial charge in [-0.15, -0.1) is 0 Å². The lowest BCUT2D eigenvalue weighted by atomic mass is 9.78. The van der Waals surface area contributed by atoms with E-state index in [-0.39, 0.29) is 23.3 Å². The minimum atomic E-state index is -0.382. The second-order valence-corrected chi connectivity index (χ2v) is 6.64. The smallest absolute Gasteiger partial charge is 0.228 e. The summed E-state index contributed by atoms with van der Waals surface area (Å²) in [6, 6.07) is 0. The Labute approximate surface area is 122 Å². The fraction of sp³-hybridized carbons (Fsp3) is 0.933. The molecule has 0 aromatic carbocycles. The van der Waals surface area contributed by atoms with Gasteiger partial charge in [0, 0.05) is 20.3 Å². The molecule has 0 aromatic heterocycles. The van der Waals surface area contributed by atoms with E-state index < -0.39 is 0 Å². The number of methoxy groups -OCH3 is 1. The summed E-state index contributed by atoms with van der Waals surface area (Å²) in [7, 11) is 1.66. The van der Waals surface area contributed by atoms with Crippen LogP contribution in [0.4, 0.5) is 0 Å². The number of hydrogen-bond donors (Lipinski definition) is 3. The van der Waals surface area contributed by atoms with Crippen LogP contribution < -0.4 is 10.6 Å². The first kappa shape index (κ1) is 17.4. The summed E-state index contributed by atoms with van der Waals surface area (Å²) in [5.74, 6) is 0.109. The zero-order valence-corrected chi connectivity index (χ0v) is 13.1. The van der Waals surface area contributed by atoms with Crippen molar-refractivity contribution in [1.82, 2.24) is 10.6 Å². The molecule has 0 spiro atoms. The number of amides is 1. The molecule has 0 saturated carbocycles. The summed E-state index contributed by atoms with van der Waals surface area (Å²) in [5.41, 5.74) is -0.368. The lowest BCUT2D eigenvalue weighted by Crippen LogP contribution is -2.51. The molecule has 1 heterocycles. The van der Waals surface area contributed by atoms with Gasteiger partial charge in [0.2, 0.25) is 5.91 Å². The second-order valence-electron chi connectivity index (χ2n) is 6.64. The van der Waals surface area contributed by atoms with Crippen LogP contribution in [0, 0.1) is 10.8 Å². The van der Waals surface area contributed by atoms with Gasteiger partial charge in [-0.25, -0.2) is 0 Å². The molecule has 0 radical (unpaired) electrons. The predicted octanol–water partition coefficient (Wildman–Crippen LogP) is 0.918. The number of hydrogen-bond acceptors (Lipinski definition) is 4. The SMILES string of the molecule is COCC1(C(=O)NCC(C)(C)CCCO)CCNCC1. The van der Waals surface area contributed by atoms with Gasteiger partial charge in [0.05, 0.1) is 12.0 Å². The number of aliphatic hydroxyl groups is 1. The molecule has 118 valence electrons. The molecule has 20 heavy (non-hydrogen) atoms. The Bertz CT molecular complexity index is 294. The molecule has 0 atom stereocenters. The fourth-order valence-electron chi connectivity index (χ4n) is 2.77. The number of aliphatic hydroxyl groups excluding tert-OH is 1. The number of carbonyl (C=O) groups is 1. The fourth-order valence-corrected chi connectivity index (χ4v) is 2.77. The Morgan fingerprint density at radius 3 is 2.60 bits per heavy atom. The van der Waals surface area contributed by atoms with Gasteiger partial charge >= 0.3 is 0 Å². The van der Waals surface area contributed by atoms with Crippen molar-refractivity contribution in [3.8, 4) is 0 Å². The van der Waals surface area contributed by atoms with Crippen LogP contribution in [0.15, 0.2) is 0 Å². The first-order valence-corrected chi connectivity index (χ1v) is 7.55. The molecule has 1 fully saturated rings. The van der Waals surface area contributed by atoms with Gasteiger partial charge in [0.1, 0.15) is 0 Å². The maximum atomic E-state index is 12.6. The van der Waals surface area contributed by atoms with Crippen molar-refractivity contribution in [2.75, 3.05) is 40.0 Å². The Morgan fingerprint density at radius 2 is 2.05 bits per heavy atom. The van der Waals surface area contributed by atoms with Crippen LogP contribution in [0.2, 0.25) is 0 Å². The number of rotatable bonds is 8. The molecule has 1 aliphatic heterocycles. The van der Waals surface area contributed by atoms with Crippen LogP contribution >= 0.6 is 0 Å². The zero-order valence-electron chi connectivity index (χ0n) is 13.1. The molecule has 1 aliphatic rings. The number of nitrogens with one attached hydrogen (secondary N) is 2. The lowest BCUT2D eigenvalue weighted by molar-refractivity contribution is -0.136. The van der Waals surface area contributed by atoms with Gasteiger partial charge in [-0.05, 0) is 44.2 Å². The molecule has 5 heteroatoms. The highest BCUT2D eigenvalue weighted by atomic mass is 16.5. The van der Waals surface area contributed by atoms with Crippen molar-refractivity contribution in [3.63, 3.8) is 0 Å².